The topological polar surface area (TPSA) is 12.0 Å². The maximum Gasteiger partial charge on any atom is 0.00127 e. The highest BCUT2D eigenvalue weighted by molar-refractivity contribution is 4.90. The summed E-state index contributed by atoms with van der Waals surface area (Å²) < 4.78 is 0. The third-order valence-corrected chi connectivity index (χ3v) is 4.82. The minimum Gasteiger partial charge on any atom is -0.314 e. The number of nitrogens with one attached hydrogen (secondary N) is 1. The van der Waals surface area contributed by atoms with Crippen molar-refractivity contribution in [2.45, 2.75) is 85.1 Å². The summed E-state index contributed by atoms with van der Waals surface area (Å²) in [7, 11) is 0. The molecule has 1 rings (SSSR count). The summed E-state index contributed by atoms with van der Waals surface area (Å²) in [5.74, 6) is 0.991. The Balaban J connectivity index is 2.64. The number of hydrogen-bond donors (Lipinski definition) is 1. The van der Waals surface area contributed by atoms with Gasteiger partial charge in [0.2, 0.25) is 0 Å². The smallest absolute Gasteiger partial charge is 0.00127 e. The van der Waals surface area contributed by atoms with Gasteiger partial charge in [0.05, 0.1) is 0 Å². The highest BCUT2D eigenvalue weighted by Crippen LogP contribution is 2.45. The summed E-state index contributed by atoms with van der Waals surface area (Å²) >= 11 is 0. The van der Waals surface area contributed by atoms with Gasteiger partial charge in [-0.15, -0.1) is 0 Å². The maximum atomic E-state index is 3.72. The zero-order valence-electron chi connectivity index (χ0n) is 12.5. The molecule has 1 N–H and O–H groups in total. The number of rotatable bonds is 8. The molecule has 0 spiro atoms. The molecule has 0 heterocycles. The standard InChI is InChI=1S/C16H33N/c1-5-7-12-16(6-2,13-17-14(3)4)15-10-8-9-11-15/h14-15,17H,5-13H2,1-4H3. The van der Waals surface area contributed by atoms with Crippen molar-refractivity contribution in [3.8, 4) is 0 Å². The Morgan fingerprint density at radius 3 is 2.29 bits per heavy atom. The molecular formula is C16H33N. The van der Waals surface area contributed by atoms with Crippen molar-refractivity contribution in [2.24, 2.45) is 11.3 Å². The van der Waals surface area contributed by atoms with Gasteiger partial charge in [0.25, 0.3) is 0 Å². The SMILES string of the molecule is CCCCC(CC)(CNC(C)C)C1CCCC1. The monoisotopic (exact) mass is 239 g/mol. The first-order valence-electron chi connectivity index (χ1n) is 7.88. The number of hydrogen-bond acceptors (Lipinski definition) is 1. The van der Waals surface area contributed by atoms with Crippen molar-refractivity contribution in [1.29, 1.82) is 0 Å². The molecule has 1 heteroatoms. The van der Waals surface area contributed by atoms with Crippen molar-refractivity contribution in [2.75, 3.05) is 6.54 Å². The van der Waals surface area contributed by atoms with Crippen LogP contribution in [0.15, 0.2) is 0 Å². The van der Waals surface area contributed by atoms with Crippen molar-refractivity contribution in [3.05, 3.63) is 0 Å². The minimum absolute atomic E-state index is 0.594. The lowest BCUT2D eigenvalue weighted by molar-refractivity contribution is 0.126. The van der Waals surface area contributed by atoms with E-state index in [0.717, 1.165) is 5.92 Å². The van der Waals surface area contributed by atoms with Crippen LogP contribution in [0.1, 0.15) is 79.1 Å². The van der Waals surface area contributed by atoms with Gasteiger partial charge < -0.3 is 5.32 Å². The van der Waals surface area contributed by atoms with E-state index in [1.807, 2.05) is 0 Å². The Morgan fingerprint density at radius 1 is 1.18 bits per heavy atom. The average Bonchev–Trinajstić information content (AvgIpc) is 2.84. The largest absolute Gasteiger partial charge is 0.314 e. The maximum absolute atomic E-state index is 3.72. The Hall–Kier alpha value is -0.0400. The van der Waals surface area contributed by atoms with Crippen LogP contribution in [0.4, 0.5) is 0 Å². The molecule has 0 bridgehead atoms. The van der Waals surface area contributed by atoms with E-state index in [1.54, 1.807) is 0 Å². The zero-order chi connectivity index (χ0) is 12.7. The van der Waals surface area contributed by atoms with E-state index in [2.05, 4.69) is 33.0 Å². The van der Waals surface area contributed by atoms with E-state index in [4.69, 9.17) is 0 Å². The van der Waals surface area contributed by atoms with E-state index in [-0.39, 0.29) is 0 Å². The second kappa shape index (κ2) is 7.41. The van der Waals surface area contributed by atoms with Gasteiger partial charge in [-0.25, -0.2) is 0 Å². The van der Waals surface area contributed by atoms with Crippen molar-refractivity contribution in [3.63, 3.8) is 0 Å². The Kier molecular flexibility index (Phi) is 6.54. The average molecular weight is 239 g/mol. The van der Waals surface area contributed by atoms with Crippen LogP contribution in [0.5, 0.6) is 0 Å². The normalized spacial score (nSPS) is 21.0. The van der Waals surface area contributed by atoms with Gasteiger partial charge in [-0.2, -0.15) is 0 Å². The zero-order valence-corrected chi connectivity index (χ0v) is 12.5. The van der Waals surface area contributed by atoms with Crippen LogP contribution in [-0.2, 0) is 0 Å². The van der Waals surface area contributed by atoms with E-state index < -0.39 is 0 Å². The summed E-state index contributed by atoms with van der Waals surface area (Å²) in [5, 5.41) is 3.72. The van der Waals surface area contributed by atoms with Gasteiger partial charge in [-0.3, -0.25) is 0 Å². The molecule has 0 radical (unpaired) electrons. The van der Waals surface area contributed by atoms with E-state index >= 15 is 0 Å². The van der Waals surface area contributed by atoms with Gasteiger partial charge in [0.15, 0.2) is 0 Å². The first kappa shape index (κ1) is 15.0. The molecule has 102 valence electrons. The summed E-state index contributed by atoms with van der Waals surface area (Å²) in [5.41, 5.74) is 0.594. The highest BCUT2D eigenvalue weighted by Gasteiger charge is 2.37. The van der Waals surface area contributed by atoms with Gasteiger partial charge in [-0.05, 0) is 37.0 Å². The first-order chi connectivity index (χ1) is 8.14. The Labute approximate surface area is 109 Å². The second-order valence-corrected chi connectivity index (χ2v) is 6.34. The molecule has 0 amide bonds. The fourth-order valence-electron chi connectivity index (χ4n) is 3.50. The summed E-state index contributed by atoms with van der Waals surface area (Å²) in [6, 6.07) is 0.629. The minimum atomic E-state index is 0.594. The molecule has 17 heavy (non-hydrogen) atoms. The first-order valence-corrected chi connectivity index (χ1v) is 7.88. The van der Waals surface area contributed by atoms with Crippen molar-refractivity contribution >= 4 is 0 Å². The second-order valence-electron chi connectivity index (χ2n) is 6.34. The molecule has 1 saturated carbocycles. The van der Waals surface area contributed by atoms with Crippen LogP contribution in [0.3, 0.4) is 0 Å². The number of unbranched alkanes of at least 4 members (excludes halogenated alkanes) is 1. The Bertz CT molecular complexity index is 194. The van der Waals surface area contributed by atoms with E-state index in [0.29, 0.717) is 11.5 Å². The van der Waals surface area contributed by atoms with Crippen molar-refractivity contribution in [1.82, 2.24) is 5.32 Å². The molecule has 1 nitrogen and oxygen atoms in total. The van der Waals surface area contributed by atoms with Gasteiger partial charge in [-0.1, -0.05) is 53.4 Å². The van der Waals surface area contributed by atoms with Crippen LogP contribution in [0, 0.1) is 11.3 Å². The van der Waals surface area contributed by atoms with Crippen LogP contribution < -0.4 is 5.32 Å². The lowest BCUT2D eigenvalue weighted by Crippen LogP contribution is -2.41. The van der Waals surface area contributed by atoms with Crippen LogP contribution in [-0.4, -0.2) is 12.6 Å². The fraction of sp³-hybridized carbons (Fsp3) is 1.00. The van der Waals surface area contributed by atoms with Gasteiger partial charge in [0, 0.05) is 12.6 Å². The Morgan fingerprint density at radius 2 is 1.82 bits per heavy atom. The molecule has 0 aromatic heterocycles. The summed E-state index contributed by atoms with van der Waals surface area (Å²) in [6.45, 7) is 10.5. The molecule has 0 aromatic rings. The van der Waals surface area contributed by atoms with Crippen LogP contribution >= 0.6 is 0 Å². The third kappa shape index (κ3) is 4.28. The lowest BCUT2D eigenvalue weighted by Gasteiger charge is -2.40. The lowest BCUT2D eigenvalue weighted by atomic mass is 9.69. The molecular weight excluding hydrogens is 206 g/mol. The predicted molar refractivity (Wildman–Crippen MR) is 77.3 cm³/mol. The molecule has 0 aliphatic heterocycles. The fourth-order valence-corrected chi connectivity index (χ4v) is 3.50. The predicted octanol–water partition coefficient (Wildman–Crippen LogP) is 4.76. The molecule has 1 atom stereocenters. The van der Waals surface area contributed by atoms with Crippen molar-refractivity contribution < 1.29 is 0 Å². The molecule has 1 fully saturated rings. The highest BCUT2D eigenvalue weighted by atomic mass is 14.9. The molecule has 0 aromatic carbocycles. The third-order valence-electron chi connectivity index (χ3n) is 4.82. The van der Waals surface area contributed by atoms with E-state index in [9.17, 15) is 0 Å². The van der Waals surface area contributed by atoms with Crippen LogP contribution in [0.2, 0.25) is 0 Å². The molecule has 1 aliphatic carbocycles. The van der Waals surface area contributed by atoms with Gasteiger partial charge >= 0.3 is 0 Å². The van der Waals surface area contributed by atoms with Gasteiger partial charge in [0.1, 0.15) is 0 Å². The molecule has 0 saturated heterocycles. The molecule has 1 aliphatic rings. The molecule has 1 unspecified atom stereocenters. The van der Waals surface area contributed by atoms with E-state index in [1.165, 1.54) is 57.9 Å². The summed E-state index contributed by atoms with van der Waals surface area (Å²) in [4.78, 5) is 0. The van der Waals surface area contributed by atoms with Crippen LogP contribution in [0.25, 0.3) is 0 Å². The summed E-state index contributed by atoms with van der Waals surface area (Å²) in [6.07, 6.45) is 11.5. The quantitative estimate of drug-likeness (QED) is 0.644.